The lowest BCUT2D eigenvalue weighted by Gasteiger charge is -2.32. The van der Waals surface area contributed by atoms with Crippen molar-refractivity contribution in [2.24, 2.45) is 0 Å². The van der Waals surface area contributed by atoms with Gasteiger partial charge in [-0.3, -0.25) is 0 Å². The fourth-order valence-corrected chi connectivity index (χ4v) is 2.97. The molecule has 0 spiro atoms. The summed E-state index contributed by atoms with van der Waals surface area (Å²) in [7, 11) is 4.89. The van der Waals surface area contributed by atoms with Crippen LogP contribution in [0.5, 0.6) is 0 Å². The van der Waals surface area contributed by atoms with Crippen LogP contribution < -0.4 is 15.9 Å². The highest BCUT2D eigenvalue weighted by molar-refractivity contribution is 7.27. The molecule has 1 aromatic carbocycles. The predicted octanol–water partition coefficient (Wildman–Crippen LogP) is 1.81. The predicted molar refractivity (Wildman–Crippen MR) is 77.7 cm³/mol. The Kier molecular flexibility index (Phi) is 4.97. The van der Waals surface area contributed by atoms with Crippen LogP contribution in [0.1, 0.15) is 31.2 Å². The summed E-state index contributed by atoms with van der Waals surface area (Å²) in [6, 6.07) is 9.81. The second kappa shape index (κ2) is 6.49. The first kappa shape index (κ1) is 13.0. The Balaban J connectivity index is 1.90. The van der Waals surface area contributed by atoms with Gasteiger partial charge in [-0.1, -0.05) is 37.1 Å². The van der Waals surface area contributed by atoms with Gasteiger partial charge in [-0.25, -0.2) is 0 Å². The van der Waals surface area contributed by atoms with Crippen LogP contribution in [0.4, 0.5) is 0 Å². The highest BCUT2D eigenvalue weighted by Crippen LogP contribution is 2.18. The van der Waals surface area contributed by atoms with Crippen molar-refractivity contribution >= 4 is 14.5 Å². The third-order valence-electron chi connectivity index (χ3n) is 3.75. The monoisotopic (exact) mass is 250 g/mol. The van der Waals surface area contributed by atoms with Gasteiger partial charge in [-0.05, 0) is 30.8 Å². The normalized spacial score (nSPS) is 24.8. The molecule has 0 aliphatic heterocycles. The number of hydrogen-bond acceptors (Lipinski definition) is 2. The lowest BCUT2D eigenvalue weighted by atomic mass is 9.90. The van der Waals surface area contributed by atoms with Crippen molar-refractivity contribution in [1.82, 2.24) is 10.6 Å². The first-order chi connectivity index (χ1) is 8.31. The molecule has 17 heavy (non-hydrogen) atoms. The van der Waals surface area contributed by atoms with Gasteiger partial charge in [0.25, 0.3) is 0 Å². The summed E-state index contributed by atoms with van der Waals surface area (Å²) in [5.41, 5.74) is 1.39. The molecule has 0 heterocycles. The standard InChI is InChI=1S/C14H23N2P/c1-15-12-7-3-4-8-13(12)16-10-11-6-2-5-9-14(11)17/h2,5-6,9,12-13,15-16H,3-4,7-8,10,17H2,1H3. The molecule has 3 unspecified atom stereocenters. The van der Waals surface area contributed by atoms with Gasteiger partial charge in [0.1, 0.15) is 0 Å². The Bertz CT molecular complexity index is 354. The molecule has 0 amide bonds. The van der Waals surface area contributed by atoms with Gasteiger partial charge in [0, 0.05) is 18.6 Å². The van der Waals surface area contributed by atoms with E-state index in [1.807, 2.05) is 0 Å². The summed E-state index contributed by atoms with van der Waals surface area (Å²) in [4.78, 5) is 0. The fourth-order valence-electron chi connectivity index (χ4n) is 2.66. The zero-order valence-corrected chi connectivity index (χ0v) is 11.7. The van der Waals surface area contributed by atoms with E-state index in [1.165, 1.54) is 36.6 Å². The van der Waals surface area contributed by atoms with E-state index in [0.717, 1.165) is 6.54 Å². The summed E-state index contributed by atoms with van der Waals surface area (Å²) >= 11 is 0. The van der Waals surface area contributed by atoms with E-state index >= 15 is 0 Å². The molecule has 0 aromatic heterocycles. The fraction of sp³-hybridized carbons (Fsp3) is 0.571. The number of benzene rings is 1. The molecule has 94 valence electrons. The van der Waals surface area contributed by atoms with Gasteiger partial charge in [0.2, 0.25) is 0 Å². The van der Waals surface area contributed by atoms with E-state index in [2.05, 4.69) is 51.2 Å². The van der Waals surface area contributed by atoms with Gasteiger partial charge in [0.15, 0.2) is 0 Å². The quantitative estimate of drug-likeness (QED) is 0.796. The Labute approximate surface area is 107 Å². The van der Waals surface area contributed by atoms with E-state index < -0.39 is 0 Å². The Morgan fingerprint density at radius 2 is 1.88 bits per heavy atom. The van der Waals surface area contributed by atoms with Crippen LogP contribution in [0.25, 0.3) is 0 Å². The smallest absolute Gasteiger partial charge is 0.0224 e. The third-order valence-corrected chi connectivity index (χ3v) is 4.31. The summed E-state index contributed by atoms with van der Waals surface area (Å²) < 4.78 is 0. The first-order valence-corrected chi connectivity index (χ1v) is 7.13. The lowest BCUT2D eigenvalue weighted by molar-refractivity contribution is 0.295. The average molecular weight is 250 g/mol. The number of rotatable bonds is 4. The van der Waals surface area contributed by atoms with E-state index in [1.54, 1.807) is 0 Å². The zero-order valence-electron chi connectivity index (χ0n) is 10.6. The molecule has 3 atom stereocenters. The van der Waals surface area contributed by atoms with Gasteiger partial charge in [-0.15, -0.1) is 9.24 Å². The second-order valence-electron chi connectivity index (χ2n) is 4.87. The van der Waals surface area contributed by atoms with E-state index in [-0.39, 0.29) is 0 Å². The van der Waals surface area contributed by atoms with Gasteiger partial charge < -0.3 is 10.6 Å². The van der Waals surface area contributed by atoms with Crippen LogP contribution in [-0.4, -0.2) is 19.1 Å². The van der Waals surface area contributed by atoms with Crippen molar-refractivity contribution in [2.45, 2.75) is 44.3 Å². The van der Waals surface area contributed by atoms with Gasteiger partial charge in [-0.2, -0.15) is 0 Å². The molecule has 2 rings (SSSR count). The minimum absolute atomic E-state index is 0.623. The van der Waals surface area contributed by atoms with E-state index in [0.29, 0.717) is 12.1 Å². The maximum absolute atomic E-state index is 3.70. The Morgan fingerprint density at radius 1 is 1.18 bits per heavy atom. The van der Waals surface area contributed by atoms with Crippen molar-refractivity contribution in [3.8, 4) is 0 Å². The SMILES string of the molecule is CNC1CCCCC1NCc1ccccc1P. The number of nitrogens with one attached hydrogen (secondary N) is 2. The van der Waals surface area contributed by atoms with Crippen molar-refractivity contribution in [3.63, 3.8) is 0 Å². The van der Waals surface area contributed by atoms with Crippen LogP contribution in [0.3, 0.4) is 0 Å². The minimum Gasteiger partial charge on any atom is -0.315 e. The largest absolute Gasteiger partial charge is 0.315 e. The maximum Gasteiger partial charge on any atom is 0.0224 e. The van der Waals surface area contributed by atoms with Crippen LogP contribution in [0.15, 0.2) is 24.3 Å². The molecule has 1 aliphatic carbocycles. The second-order valence-corrected chi connectivity index (χ2v) is 5.49. The first-order valence-electron chi connectivity index (χ1n) is 6.55. The van der Waals surface area contributed by atoms with E-state index in [9.17, 15) is 0 Å². The van der Waals surface area contributed by atoms with Gasteiger partial charge >= 0.3 is 0 Å². The van der Waals surface area contributed by atoms with E-state index in [4.69, 9.17) is 0 Å². The highest BCUT2D eigenvalue weighted by Gasteiger charge is 2.22. The Morgan fingerprint density at radius 3 is 2.59 bits per heavy atom. The molecule has 0 bridgehead atoms. The number of likely N-dealkylation sites (N-methyl/N-ethyl adjacent to an activating group) is 1. The minimum atomic E-state index is 0.623. The molecule has 3 heteroatoms. The Hall–Kier alpha value is -0.430. The molecule has 2 nitrogen and oxygen atoms in total. The number of hydrogen-bond donors (Lipinski definition) is 2. The third kappa shape index (κ3) is 3.51. The van der Waals surface area contributed by atoms with Crippen molar-refractivity contribution < 1.29 is 0 Å². The molecule has 1 fully saturated rings. The van der Waals surface area contributed by atoms with Crippen molar-refractivity contribution in [1.29, 1.82) is 0 Å². The van der Waals surface area contributed by atoms with Crippen molar-refractivity contribution in [3.05, 3.63) is 29.8 Å². The summed E-state index contributed by atoms with van der Waals surface area (Å²) in [5, 5.41) is 8.44. The molecule has 1 saturated carbocycles. The average Bonchev–Trinajstić information content (AvgIpc) is 2.38. The van der Waals surface area contributed by atoms with Crippen LogP contribution in [0.2, 0.25) is 0 Å². The summed E-state index contributed by atoms with van der Waals surface area (Å²) in [6.07, 6.45) is 5.32. The topological polar surface area (TPSA) is 24.1 Å². The highest BCUT2D eigenvalue weighted by atomic mass is 31.0. The summed E-state index contributed by atoms with van der Waals surface area (Å²) in [5.74, 6) is 0. The van der Waals surface area contributed by atoms with Crippen molar-refractivity contribution in [2.75, 3.05) is 7.05 Å². The zero-order chi connectivity index (χ0) is 12.1. The molecule has 0 radical (unpaired) electrons. The molecular weight excluding hydrogens is 227 g/mol. The molecule has 2 N–H and O–H groups in total. The molecular formula is C14H23N2P. The molecule has 1 aliphatic rings. The van der Waals surface area contributed by atoms with Crippen LogP contribution >= 0.6 is 9.24 Å². The molecule has 0 saturated heterocycles. The van der Waals surface area contributed by atoms with Crippen LogP contribution in [0, 0.1) is 0 Å². The maximum atomic E-state index is 3.70. The summed E-state index contributed by atoms with van der Waals surface area (Å²) in [6.45, 7) is 0.975. The molecule has 1 aromatic rings. The van der Waals surface area contributed by atoms with Crippen LogP contribution in [-0.2, 0) is 6.54 Å². The van der Waals surface area contributed by atoms with Gasteiger partial charge in [0.05, 0.1) is 0 Å². The lowest BCUT2D eigenvalue weighted by Crippen LogP contribution is -2.48.